The van der Waals surface area contributed by atoms with Crippen LogP contribution in [-0.4, -0.2) is 60.2 Å². The maximum absolute atomic E-state index is 12.1. The third-order valence-corrected chi connectivity index (χ3v) is 5.83. The van der Waals surface area contributed by atoms with Crippen molar-refractivity contribution in [1.82, 2.24) is 0 Å². The summed E-state index contributed by atoms with van der Waals surface area (Å²) in [5, 5.41) is 19.8. The van der Waals surface area contributed by atoms with E-state index in [1.54, 1.807) is 0 Å². The van der Waals surface area contributed by atoms with Gasteiger partial charge in [0, 0.05) is 12.8 Å². The van der Waals surface area contributed by atoms with Gasteiger partial charge >= 0.3 is 11.9 Å². The molecule has 8 heteroatoms. The van der Waals surface area contributed by atoms with E-state index in [0.717, 1.165) is 0 Å². The third-order valence-electron chi connectivity index (χ3n) is 5.83. The van der Waals surface area contributed by atoms with Crippen LogP contribution >= 0.6 is 0 Å². The van der Waals surface area contributed by atoms with Gasteiger partial charge < -0.3 is 29.2 Å². The Labute approximate surface area is 126 Å². The molecule has 2 N–H and O–H groups in total. The fraction of sp³-hybridized carbons (Fsp3) is 0.857. The highest BCUT2D eigenvalue weighted by atomic mass is 16.8. The van der Waals surface area contributed by atoms with Crippen LogP contribution in [0, 0.1) is 10.8 Å². The van der Waals surface area contributed by atoms with Crippen molar-refractivity contribution in [2.24, 2.45) is 10.8 Å². The molecule has 2 heterocycles. The number of carbonyl (C=O) groups is 2. The molecule has 2 saturated heterocycles. The average molecular weight is 314 g/mol. The average Bonchev–Trinajstić information content (AvgIpc) is 3.11. The molecule has 0 amide bonds. The minimum atomic E-state index is -1.41. The van der Waals surface area contributed by atoms with Crippen molar-refractivity contribution in [1.29, 1.82) is 0 Å². The molecule has 2 aliphatic heterocycles. The number of ether oxygens (including phenoxy) is 4. The maximum Gasteiger partial charge on any atom is 0.315 e. The summed E-state index contributed by atoms with van der Waals surface area (Å²) in [6.07, 6.45) is 0.204. The maximum atomic E-state index is 12.1. The van der Waals surface area contributed by atoms with Crippen molar-refractivity contribution in [2.45, 2.75) is 37.3 Å². The first kappa shape index (κ1) is 14.4. The molecule has 0 aromatic carbocycles. The van der Waals surface area contributed by atoms with Gasteiger partial charge in [0.2, 0.25) is 0 Å². The lowest BCUT2D eigenvalue weighted by molar-refractivity contribution is -0.375. The van der Waals surface area contributed by atoms with E-state index in [-0.39, 0.29) is 52.1 Å². The van der Waals surface area contributed by atoms with Gasteiger partial charge in [-0.15, -0.1) is 0 Å². The van der Waals surface area contributed by atoms with Gasteiger partial charge in [-0.1, -0.05) is 0 Å². The van der Waals surface area contributed by atoms with E-state index >= 15 is 0 Å². The quantitative estimate of drug-likeness (QED) is 0.743. The van der Waals surface area contributed by atoms with Gasteiger partial charge in [0.1, 0.15) is 10.8 Å². The highest BCUT2D eigenvalue weighted by Crippen LogP contribution is 2.69. The number of rotatable bonds is 2. The Balaban J connectivity index is 1.88. The van der Waals surface area contributed by atoms with Crippen LogP contribution in [0.15, 0.2) is 0 Å². The SMILES string of the molecule is O=C(O)C12CCC(C(=O)O)(CC13OCCO3)C1(C2)OCCO1. The molecule has 8 nitrogen and oxygen atoms in total. The molecule has 0 radical (unpaired) electrons. The summed E-state index contributed by atoms with van der Waals surface area (Å²) in [4.78, 5) is 24.2. The molecule has 2 spiro atoms. The third kappa shape index (κ3) is 1.37. The predicted molar refractivity (Wildman–Crippen MR) is 67.9 cm³/mol. The monoisotopic (exact) mass is 314 g/mol. The van der Waals surface area contributed by atoms with Crippen molar-refractivity contribution in [3.63, 3.8) is 0 Å². The van der Waals surface area contributed by atoms with Crippen LogP contribution in [-0.2, 0) is 28.5 Å². The van der Waals surface area contributed by atoms with Crippen LogP contribution in [0.4, 0.5) is 0 Å². The standard InChI is InChI=1S/C14H18O8/c15-9(16)11-1-2-12(10(17)18,8-13(11)19-3-4-20-13)14(7-11)21-5-6-22-14/h1-8H2,(H,15,16)(H,17,18). The molecule has 5 aliphatic rings. The zero-order valence-electron chi connectivity index (χ0n) is 12.0. The Morgan fingerprint density at radius 3 is 1.27 bits per heavy atom. The van der Waals surface area contributed by atoms with E-state index < -0.39 is 34.3 Å². The van der Waals surface area contributed by atoms with Gasteiger partial charge in [0.15, 0.2) is 11.6 Å². The first-order valence-electron chi connectivity index (χ1n) is 7.45. The first-order valence-corrected chi connectivity index (χ1v) is 7.45. The fourth-order valence-electron chi connectivity index (χ4n) is 4.74. The number of hydrogen-bond donors (Lipinski definition) is 2. The summed E-state index contributed by atoms with van der Waals surface area (Å²) in [5.41, 5.74) is -2.68. The summed E-state index contributed by atoms with van der Waals surface area (Å²) in [7, 11) is 0. The lowest BCUT2D eigenvalue weighted by Gasteiger charge is -2.63. The van der Waals surface area contributed by atoms with E-state index in [2.05, 4.69) is 0 Å². The molecule has 2 unspecified atom stereocenters. The molecular formula is C14H18O8. The lowest BCUT2D eigenvalue weighted by atomic mass is 9.47. The van der Waals surface area contributed by atoms with Gasteiger partial charge in [0.05, 0.1) is 26.4 Å². The van der Waals surface area contributed by atoms with Crippen molar-refractivity contribution in [3.05, 3.63) is 0 Å². The molecule has 122 valence electrons. The Morgan fingerprint density at radius 2 is 1.00 bits per heavy atom. The number of fused-ring (bicyclic) bond motifs is 1. The van der Waals surface area contributed by atoms with Gasteiger partial charge in [0.25, 0.3) is 0 Å². The molecule has 2 atom stereocenters. The highest BCUT2D eigenvalue weighted by molar-refractivity contribution is 5.82. The van der Waals surface area contributed by atoms with Crippen molar-refractivity contribution in [3.8, 4) is 0 Å². The van der Waals surface area contributed by atoms with Crippen LogP contribution < -0.4 is 0 Å². The number of aliphatic carboxylic acids is 2. The van der Waals surface area contributed by atoms with Crippen molar-refractivity contribution >= 4 is 11.9 Å². The Morgan fingerprint density at radius 1 is 0.682 bits per heavy atom. The van der Waals surface area contributed by atoms with Gasteiger partial charge in [-0.05, 0) is 12.8 Å². The molecule has 5 fully saturated rings. The molecular weight excluding hydrogens is 296 g/mol. The van der Waals surface area contributed by atoms with Crippen LogP contribution in [0.2, 0.25) is 0 Å². The largest absolute Gasteiger partial charge is 0.481 e. The number of hydrogen-bond acceptors (Lipinski definition) is 6. The second-order valence-corrected chi connectivity index (χ2v) is 6.53. The minimum absolute atomic E-state index is 0.0678. The van der Waals surface area contributed by atoms with Crippen LogP contribution in [0.3, 0.4) is 0 Å². The molecule has 3 aliphatic carbocycles. The second-order valence-electron chi connectivity index (χ2n) is 6.53. The van der Waals surface area contributed by atoms with Crippen LogP contribution in [0.25, 0.3) is 0 Å². The van der Waals surface area contributed by atoms with E-state index in [9.17, 15) is 19.8 Å². The second kappa shape index (κ2) is 4.19. The Kier molecular flexibility index (Phi) is 2.74. The van der Waals surface area contributed by atoms with Gasteiger partial charge in [-0.25, -0.2) is 0 Å². The Bertz CT molecular complexity index is 485. The number of carboxylic acids is 2. The number of carboxylic acid groups (broad SMARTS) is 2. The zero-order chi connectivity index (χ0) is 15.6. The fourth-order valence-corrected chi connectivity index (χ4v) is 4.74. The Hall–Kier alpha value is -1.22. The van der Waals surface area contributed by atoms with E-state index in [0.29, 0.717) is 0 Å². The summed E-state index contributed by atoms with van der Waals surface area (Å²) < 4.78 is 22.7. The molecule has 3 saturated carbocycles. The summed E-state index contributed by atoms with van der Waals surface area (Å²) in [6.45, 7) is 1.05. The molecule has 22 heavy (non-hydrogen) atoms. The topological polar surface area (TPSA) is 112 Å². The minimum Gasteiger partial charge on any atom is -0.481 e. The van der Waals surface area contributed by atoms with Gasteiger partial charge in [-0.3, -0.25) is 9.59 Å². The predicted octanol–water partition coefficient (Wildman–Crippen LogP) is 0.202. The van der Waals surface area contributed by atoms with E-state index in [1.807, 2.05) is 0 Å². The lowest BCUT2D eigenvalue weighted by Crippen LogP contribution is -2.74. The van der Waals surface area contributed by atoms with Gasteiger partial charge in [-0.2, -0.15) is 0 Å². The van der Waals surface area contributed by atoms with Crippen LogP contribution in [0.1, 0.15) is 25.7 Å². The smallest absolute Gasteiger partial charge is 0.315 e. The highest BCUT2D eigenvalue weighted by Gasteiger charge is 2.81. The molecule has 0 aromatic rings. The molecule has 2 bridgehead atoms. The molecule has 0 aromatic heterocycles. The summed E-state index contributed by atoms with van der Waals surface area (Å²) in [5.74, 6) is -4.91. The normalized spacial score (nSPS) is 41.3. The first-order chi connectivity index (χ1) is 10.4. The van der Waals surface area contributed by atoms with Crippen molar-refractivity contribution < 1.29 is 38.7 Å². The summed E-state index contributed by atoms with van der Waals surface area (Å²) >= 11 is 0. The summed E-state index contributed by atoms with van der Waals surface area (Å²) in [6, 6.07) is 0. The van der Waals surface area contributed by atoms with E-state index in [4.69, 9.17) is 18.9 Å². The van der Waals surface area contributed by atoms with Crippen LogP contribution in [0.5, 0.6) is 0 Å². The zero-order valence-corrected chi connectivity index (χ0v) is 12.0. The molecule has 5 rings (SSSR count). The van der Waals surface area contributed by atoms with E-state index in [1.165, 1.54) is 0 Å². The van der Waals surface area contributed by atoms with Crippen molar-refractivity contribution in [2.75, 3.05) is 26.4 Å².